The van der Waals surface area contributed by atoms with Crippen molar-refractivity contribution in [2.45, 2.75) is 57.2 Å². The number of aromatic nitrogens is 3. The highest BCUT2D eigenvalue weighted by Crippen LogP contribution is 2.24. The SMILES string of the molecule is CN1CCC[C@@H]1CCn1nc(C2CCNCC2)n(Cc2ccccc2)c1=O. The van der Waals surface area contributed by atoms with E-state index in [4.69, 9.17) is 5.10 Å². The van der Waals surface area contributed by atoms with Gasteiger partial charge < -0.3 is 10.2 Å². The van der Waals surface area contributed by atoms with Gasteiger partial charge in [0.25, 0.3) is 0 Å². The van der Waals surface area contributed by atoms with Crippen LogP contribution in [-0.4, -0.2) is 52.0 Å². The van der Waals surface area contributed by atoms with Gasteiger partial charge in [-0.1, -0.05) is 30.3 Å². The first-order chi connectivity index (χ1) is 13.2. The van der Waals surface area contributed by atoms with E-state index in [9.17, 15) is 4.79 Å². The molecule has 1 aromatic carbocycles. The zero-order valence-corrected chi connectivity index (χ0v) is 16.3. The first-order valence-corrected chi connectivity index (χ1v) is 10.3. The molecule has 0 spiro atoms. The number of aryl methyl sites for hydroxylation is 1. The molecule has 0 saturated carbocycles. The molecule has 2 aromatic rings. The Labute approximate surface area is 161 Å². The van der Waals surface area contributed by atoms with Crippen LogP contribution in [0.4, 0.5) is 0 Å². The fourth-order valence-electron chi connectivity index (χ4n) is 4.52. The van der Waals surface area contributed by atoms with Crippen LogP contribution in [0.2, 0.25) is 0 Å². The van der Waals surface area contributed by atoms with Crippen molar-refractivity contribution in [3.8, 4) is 0 Å². The van der Waals surface area contributed by atoms with E-state index >= 15 is 0 Å². The minimum Gasteiger partial charge on any atom is -0.317 e. The van der Waals surface area contributed by atoms with Crippen molar-refractivity contribution in [1.29, 1.82) is 0 Å². The molecule has 0 unspecified atom stereocenters. The first-order valence-electron chi connectivity index (χ1n) is 10.3. The molecule has 0 aliphatic carbocycles. The van der Waals surface area contributed by atoms with Crippen molar-refractivity contribution in [1.82, 2.24) is 24.6 Å². The lowest BCUT2D eigenvalue weighted by Crippen LogP contribution is -2.31. The summed E-state index contributed by atoms with van der Waals surface area (Å²) in [6.07, 6.45) is 5.60. The molecule has 1 atom stereocenters. The molecule has 2 saturated heterocycles. The first kappa shape index (κ1) is 18.4. The van der Waals surface area contributed by atoms with Gasteiger partial charge in [0, 0.05) is 18.5 Å². The largest absolute Gasteiger partial charge is 0.346 e. The predicted molar refractivity (Wildman–Crippen MR) is 107 cm³/mol. The maximum atomic E-state index is 13.2. The van der Waals surface area contributed by atoms with E-state index in [1.807, 2.05) is 22.8 Å². The van der Waals surface area contributed by atoms with E-state index in [1.165, 1.54) is 19.4 Å². The van der Waals surface area contributed by atoms with Gasteiger partial charge in [-0.15, -0.1) is 0 Å². The third kappa shape index (κ3) is 4.17. The van der Waals surface area contributed by atoms with Crippen LogP contribution in [-0.2, 0) is 13.1 Å². The maximum absolute atomic E-state index is 13.2. The van der Waals surface area contributed by atoms with Crippen molar-refractivity contribution in [2.75, 3.05) is 26.7 Å². The van der Waals surface area contributed by atoms with Gasteiger partial charge in [-0.25, -0.2) is 9.48 Å². The summed E-state index contributed by atoms with van der Waals surface area (Å²) in [7, 11) is 2.19. The minimum atomic E-state index is 0.0491. The summed E-state index contributed by atoms with van der Waals surface area (Å²) in [5, 5.41) is 8.25. The summed E-state index contributed by atoms with van der Waals surface area (Å²) >= 11 is 0. The van der Waals surface area contributed by atoms with Gasteiger partial charge in [-0.05, 0) is 64.3 Å². The van der Waals surface area contributed by atoms with Crippen molar-refractivity contribution < 1.29 is 0 Å². The van der Waals surface area contributed by atoms with Crippen LogP contribution in [0.3, 0.4) is 0 Å². The average molecular weight is 370 g/mol. The summed E-state index contributed by atoms with van der Waals surface area (Å²) in [5.74, 6) is 1.35. The van der Waals surface area contributed by atoms with Crippen LogP contribution in [0.25, 0.3) is 0 Å². The van der Waals surface area contributed by atoms with E-state index in [0.717, 1.165) is 43.7 Å². The van der Waals surface area contributed by atoms with Crippen LogP contribution in [0.1, 0.15) is 49.4 Å². The van der Waals surface area contributed by atoms with Crippen LogP contribution in [0, 0.1) is 0 Å². The Morgan fingerprint density at radius 1 is 1.15 bits per heavy atom. The fourth-order valence-corrected chi connectivity index (χ4v) is 4.52. The Hall–Kier alpha value is -1.92. The topological polar surface area (TPSA) is 55.1 Å². The Balaban J connectivity index is 1.58. The van der Waals surface area contributed by atoms with Gasteiger partial charge in [0.05, 0.1) is 6.54 Å². The second-order valence-electron chi connectivity index (χ2n) is 8.03. The number of likely N-dealkylation sites (tertiary alicyclic amines) is 1. The predicted octanol–water partition coefficient (Wildman–Crippen LogP) is 2.04. The highest BCUT2D eigenvalue weighted by molar-refractivity contribution is 5.16. The molecule has 6 heteroatoms. The quantitative estimate of drug-likeness (QED) is 0.847. The lowest BCUT2D eigenvalue weighted by atomic mass is 9.97. The van der Waals surface area contributed by atoms with Crippen molar-refractivity contribution >= 4 is 0 Å². The molecule has 0 radical (unpaired) electrons. The second-order valence-corrected chi connectivity index (χ2v) is 8.03. The molecule has 4 rings (SSSR count). The second kappa shape index (κ2) is 8.40. The van der Waals surface area contributed by atoms with E-state index in [1.54, 1.807) is 4.68 Å². The van der Waals surface area contributed by atoms with E-state index < -0.39 is 0 Å². The summed E-state index contributed by atoms with van der Waals surface area (Å²) < 4.78 is 3.65. The van der Waals surface area contributed by atoms with Crippen molar-refractivity contribution in [3.63, 3.8) is 0 Å². The summed E-state index contributed by atoms with van der Waals surface area (Å²) in [6.45, 7) is 4.51. The molecule has 1 aromatic heterocycles. The molecule has 1 N–H and O–H groups in total. The highest BCUT2D eigenvalue weighted by Gasteiger charge is 2.25. The van der Waals surface area contributed by atoms with Crippen LogP contribution in [0.15, 0.2) is 35.1 Å². The maximum Gasteiger partial charge on any atom is 0.346 e. The monoisotopic (exact) mass is 369 g/mol. The van der Waals surface area contributed by atoms with Gasteiger partial charge >= 0.3 is 5.69 Å². The molecule has 0 amide bonds. The Morgan fingerprint density at radius 3 is 2.63 bits per heavy atom. The smallest absolute Gasteiger partial charge is 0.317 e. The van der Waals surface area contributed by atoms with Crippen molar-refractivity contribution in [2.24, 2.45) is 0 Å². The molecule has 2 aliphatic rings. The molecule has 3 heterocycles. The van der Waals surface area contributed by atoms with Gasteiger partial charge in [-0.2, -0.15) is 5.10 Å². The molecular weight excluding hydrogens is 338 g/mol. The van der Waals surface area contributed by atoms with Crippen LogP contribution < -0.4 is 11.0 Å². The Morgan fingerprint density at radius 2 is 1.93 bits per heavy atom. The number of hydrogen-bond acceptors (Lipinski definition) is 4. The van der Waals surface area contributed by atoms with E-state index in [0.29, 0.717) is 25.0 Å². The van der Waals surface area contributed by atoms with Gasteiger partial charge in [-0.3, -0.25) is 4.57 Å². The zero-order chi connectivity index (χ0) is 18.6. The minimum absolute atomic E-state index is 0.0491. The fraction of sp³-hybridized carbons (Fsp3) is 0.619. The number of benzene rings is 1. The molecule has 0 bridgehead atoms. The lowest BCUT2D eigenvalue weighted by molar-refractivity contribution is 0.281. The van der Waals surface area contributed by atoms with Crippen LogP contribution in [0.5, 0.6) is 0 Å². The standard InChI is InChI=1S/C21H31N5O/c1-24-14-5-8-19(24)11-15-26-21(27)25(16-17-6-3-2-4-7-17)20(23-26)18-9-12-22-13-10-18/h2-4,6-7,18-19,22H,5,8-16H2,1H3/t19-/m1/s1. The molecule has 2 fully saturated rings. The Kier molecular flexibility index (Phi) is 5.74. The van der Waals surface area contributed by atoms with Crippen LogP contribution >= 0.6 is 0 Å². The van der Waals surface area contributed by atoms with Crippen molar-refractivity contribution in [3.05, 3.63) is 52.2 Å². The van der Waals surface area contributed by atoms with Gasteiger partial charge in [0.1, 0.15) is 5.82 Å². The molecule has 146 valence electrons. The third-order valence-electron chi connectivity index (χ3n) is 6.18. The molecule has 6 nitrogen and oxygen atoms in total. The number of nitrogens with zero attached hydrogens (tertiary/aromatic N) is 4. The van der Waals surface area contributed by atoms with Gasteiger partial charge in [0.2, 0.25) is 0 Å². The summed E-state index contributed by atoms with van der Waals surface area (Å²) in [5.41, 5.74) is 1.21. The zero-order valence-electron chi connectivity index (χ0n) is 16.3. The number of hydrogen-bond donors (Lipinski definition) is 1. The highest BCUT2D eigenvalue weighted by atomic mass is 16.2. The molecule has 2 aliphatic heterocycles. The summed E-state index contributed by atoms with van der Waals surface area (Å²) in [6, 6.07) is 10.8. The summed E-state index contributed by atoms with van der Waals surface area (Å²) in [4.78, 5) is 15.6. The van der Waals surface area contributed by atoms with E-state index in [2.05, 4.69) is 29.4 Å². The Bertz CT molecular complexity index is 791. The third-order valence-corrected chi connectivity index (χ3v) is 6.18. The van der Waals surface area contributed by atoms with Gasteiger partial charge in [0.15, 0.2) is 0 Å². The average Bonchev–Trinajstić information content (AvgIpc) is 3.25. The lowest BCUT2D eigenvalue weighted by Gasteiger charge is -2.22. The normalized spacial score (nSPS) is 21.7. The number of nitrogens with one attached hydrogen (secondary N) is 1. The number of rotatable bonds is 6. The number of piperidine rings is 1. The van der Waals surface area contributed by atoms with E-state index in [-0.39, 0.29) is 5.69 Å². The molecular formula is C21H31N5O. The molecule has 27 heavy (non-hydrogen) atoms.